The Morgan fingerprint density at radius 1 is 0.981 bits per heavy atom. The first-order valence-electron chi connectivity index (χ1n) is 16.6. The summed E-state index contributed by atoms with van der Waals surface area (Å²) in [6.07, 6.45) is 1.23. The van der Waals surface area contributed by atoms with Crippen LogP contribution >= 0.6 is 11.8 Å². The van der Waals surface area contributed by atoms with Gasteiger partial charge in [0.15, 0.2) is 6.61 Å². The third kappa shape index (κ3) is 7.06. The second-order valence-electron chi connectivity index (χ2n) is 12.7. The number of ether oxygens (including phenoxy) is 2. The minimum absolute atomic E-state index is 0.0358. The number of carbonyl (C=O) groups excluding carboxylic acids is 3. The molecule has 274 valence electrons. The molecule has 0 saturated carbocycles. The van der Waals surface area contributed by atoms with E-state index in [4.69, 9.17) is 9.47 Å². The Bertz CT molecular complexity index is 2210. The van der Waals surface area contributed by atoms with Gasteiger partial charge >= 0.3 is 11.9 Å². The molecule has 2 N–H and O–H groups in total. The third-order valence-corrected chi connectivity index (χ3v) is 10.6. The molecule has 2 amide bonds. The number of nitrogens with one attached hydrogen (secondary N) is 1. The van der Waals surface area contributed by atoms with Crippen LogP contribution in [0.1, 0.15) is 10.4 Å². The van der Waals surface area contributed by atoms with Gasteiger partial charge in [0.05, 0.1) is 11.2 Å². The maximum Gasteiger partial charge on any atom is 0.352 e. The normalized spacial score (nSPS) is 18.7. The first kappa shape index (κ1) is 35.7. The molecule has 2 saturated heterocycles. The van der Waals surface area contributed by atoms with Crippen LogP contribution in [0.2, 0.25) is 0 Å². The van der Waals surface area contributed by atoms with Gasteiger partial charge in [-0.25, -0.2) is 18.4 Å². The lowest BCUT2D eigenvalue weighted by Gasteiger charge is -2.49. The highest BCUT2D eigenvalue weighted by Crippen LogP contribution is 2.40. The van der Waals surface area contributed by atoms with Gasteiger partial charge in [-0.15, -0.1) is 11.8 Å². The minimum Gasteiger partial charge on any atom is -0.484 e. The van der Waals surface area contributed by atoms with E-state index in [2.05, 4.69) is 10.2 Å². The number of benzene rings is 3. The molecule has 0 radical (unpaired) electrons. The summed E-state index contributed by atoms with van der Waals surface area (Å²) in [6.45, 7) is 1.60. The van der Waals surface area contributed by atoms with Crippen molar-refractivity contribution in [3.05, 3.63) is 112 Å². The molecule has 4 heterocycles. The lowest BCUT2D eigenvalue weighted by Crippen LogP contribution is -2.71. The predicted molar refractivity (Wildman–Crippen MR) is 191 cm³/mol. The van der Waals surface area contributed by atoms with Crippen LogP contribution in [-0.4, -0.2) is 107 Å². The van der Waals surface area contributed by atoms with E-state index in [0.29, 0.717) is 37.6 Å². The highest BCUT2D eigenvalue weighted by molar-refractivity contribution is 8.00. The van der Waals surface area contributed by atoms with Crippen molar-refractivity contribution in [3.63, 3.8) is 0 Å². The van der Waals surface area contributed by atoms with Crippen LogP contribution in [0.3, 0.4) is 0 Å². The summed E-state index contributed by atoms with van der Waals surface area (Å²) in [5.74, 6) is -4.44. The lowest BCUT2D eigenvalue weighted by molar-refractivity contribution is -0.151. The Hall–Kier alpha value is -5.74. The molecular formula is C37H33F2N5O8S. The van der Waals surface area contributed by atoms with Gasteiger partial charge in [0.2, 0.25) is 5.43 Å². The lowest BCUT2D eigenvalue weighted by atomic mass is 10.0. The zero-order valence-corrected chi connectivity index (χ0v) is 29.1. The van der Waals surface area contributed by atoms with Crippen molar-refractivity contribution in [2.45, 2.75) is 11.4 Å². The topological polar surface area (TPSA) is 151 Å². The van der Waals surface area contributed by atoms with Crippen LogP contribution in [-0.2, 0) is 19.1 Å². The number of likely N-dealkylation sites (N-methyl/N-ethyl adjacent to an activating group) is 1. The van der Waals surface area contributed by atoms with Crippen LogP contribution < -0.4 is 20.4 Å². The fourth-order valence-electron chi connectivity index (χ4n) is 6.49. The fraction of sp³-hybridized carbons (Fsp3) is 0.270. The maximum atomic E-state index is 15.6. The van der Waals surface area contributed by atoms with E-state index >= 15 is 4.39 Å². The molecule has 0 aliphatic carbocycles. The first-order chi connectivity index (χ1) is 25.5. The minimum atomic E-state index is -1.44. The number of fused-ring (bicyclic) bond motifs is 2. The molecule has 0 spiro atoms. The molecule has 0 bridgehead atoms. The summed E-state index contributed by atoms with van der Waals surface area (Å²) in [5.41, 5.74) is -0.627. The molecule has 2 atom stereocenters. The molecule has 2 fully saturated rings. The van der Waals surface area contributed by atoms with Crippen molar-refractivity contribution in [2.24, 2.45) is 0 Å². The number of carbonyl (C=O) groups is 4. The van der Waals surface area contributed by atoms with E-state index in [1.807, 2.05) is 11.9 Å². The Labute approximate surface area is 305 Å². The van der Waals surface area contributed by atoms with Gasteiger partial charge in [0.25, 0.3) is 11.8 Å². The first-order valence-corrected chi connectivity index (χ1v) is 17.7. The van der Waals surface area contributed by atoms with Crippen molar-refractivity contribution in [1.29, 1.82) is 0 Å². The molecule has 3 aliphatic rings. The number of hydrogen-bond acceptors (Lipinski definition) is 10. The molecule has 13 nitrogen and oxygen atoms in total. The van der Waals surface area contributed by atoms with Crippen molar-refractivity contribution in [2.75, 3.05) is 57.1 Å². The number of carboxylic acids is 1. The molecular weight excluding hydrogens is 712 g/mol. The number of piperazine rings is 1. The van der Waals surface area contributed by atoms with Gasteiger partial charge in [0.1, 0.15) is 46.7 Å². The second-order valence-corrected chi connectivity index (χ2v) is 13.8. The summed E-state index contributed by atoms with van der Waals surface area (Å²) in [4.78, 5) is 70.3. The number of hydrogen-bond donors (Lipinski definition) is 2. The van der Waals surface area contributed by atoms with E-state index in [0.717, 1.165) is 11.0 Å². The van der Waals surface area contributed by atoms with Gasteiger partial charge in [0, 0.05) is 54.8 Å². The number of nitrogens with zero attached hydrogens (tertiary/aromatic N) is 4. The van der Waals surface area contributed by atoms with Gasteiger partial charge < -0.3 is 34.3 Å². The number of para-hydroxylation sites is 1. The van der Waals surface area contributed by atoms with Gasteiger partial charge in [-0.1, -0.05) is 18.2 Å². The monoisotopic (exact) mass is 745 g/mol. The average Bonchev–Trinajstić information content (AvgIpc) is 3.16. The largest absolute Gasteiger partial charge is 0.484 e. The highest BCUT2D eigenvalue weighted by atomic mass is 32.2. The van der Waals surface area contributed by atoms with Crippen molar-refractivity contribution in [1.82, 2.24) is 19.7 Å². The molecule has 3 aromatic carbocycles. The number of pyridine rings is 1. The molecule has 1 aromatic heterocycles. The molecule has 3 aliphatic heterocycles. The molecule has 53 heavy (non-hydrogen) atoms. The standard InChI is InChI=1S/C37H33F2N5O8S/c1-41-11-13-42(14-12-41)29-16-28-25(15-27(29)39)33(46)26(17-43(28)23-9-7-22(38)8-10-23)37(50)52-18-21-20-53-35-31(34(47)44(35)32(21)36(48)49)40-30(45)19-51-24-5-3-2-4-6-24/h2-10,15-17,31,35H,11-14,18-20H2,1H3,(H,40,45)(H,48,49)/t31?,35-/m1/s1. The Kier molecular flexibility index (Phi) is 9.90. The number of β-lactam (4-membered cyclic amide) rings is 1. The number of thioether (sulfide) groups is 1. The van der Waals surface area contributed by atoms with E-state index < -0.39 is 70.1 Å². The summed E-state index contributed by atoms with van der Waals surface area (Å²) in [5, 5.41) is 11.8. The smallest absolute Gasteiger partial charge is 0.352 e. The van der Waals surface area contributed by atoms with Gasteiger partial charge in [-0.05, 0) is 55.6 Å². The quantitative estimate of drug-likeness (QED) is 0.182. The summed E-state index contributed by atoms with van der Waals surface area (Å²) in [6, 6.07) is 15.5. The Morgan fingerprint density at radius 3 is 2.40 bits per heavy atom. The molecule has 4 aromatic rings. The number of rotatable bonds is 10. The Balaban J connectivity index is 1.12. The van der Waals surface area contributed by atoms with Crippen LogP contribution in [0.5, 0.6) is 5.75 Å². The highest BCUT2D eigenvalue weighted by Gasteiger charge is 2.54. The van der Waals surface area contributed by atoms with E-state index in [1.165, 1.54) is 52.9 Å². The van der Waals surface area contributed by atoms with Crippen LogP contribution in [0.4, 0.5) is 14.5 Å². The van der Waals surface area contributed by atoms with Crippen LogP contribution in [0.25, 0.3) is 16.6 Å². The predicted octanol–water partition coefficient (Wildman–Crippen LogP) is 3.00. The zero-order valence-electron chi connectivity index (χ0n) is 28.3. The average molecular weight is 746 g/mol. The van der Waals surface area contributed by atoms with Crippen molar-refractivity contribution >= 4 is 52.1 Å². The van der Waals surface area contributed by atoms with E-state index in [9.17, 15) is 33.5 Å². The number of esters is 1. The SMILES string of the molecule is CN1CCN(c2cc3c(cc2F)c(=O)c(C(=O)OCC2=C(C(=O)O)N4C(=O)C(NC(=O)COc5ccccc5)[C@H]4SC2)cn3-c2ccc(F)cc2)CC1. The van der Waals surface area contributed by atoms with Gasteiger partial charge in [-0.3, -0.25) is 19.3 Å². The molecule has 16 heteroatoms. The summed E-state index contributed by atoms with van der Waals surface area (Å²) in [7, 11) is 1.97. The van der Waals surface area contributed by atoms with Gasteiger partial charge in [-0.2, -0.15) is 0 Å². The van der Waals surface area contributed by atoms with Crippen LogP contribution in [0, 0.1) is 11.6 Å². The van der Waals surface area contributed by atoms with Crippen molar-refractivity contribution < 1.29 is 42.5 Å². The number of halogens is 2. The maximum absolute atomic E-state index is 15.6. The van der Waals surface area contributed by atoms with E-state index in [1.54, 1.807) is 30.3 Å². The fourth-order valence-corrected chi connectivity index (χ4v) is 7.82. The number of carboxylic acid groups (broad SMARTS) is 1. The third-order valence-electron chi connectivity index (χ3n) is 9.30. The second kappa shape index (κ2) is 14.7. The van der Waals surface area contributed by atoms with Crippen molar-refractivity contribution in [3.8, 4) is 11.4 Å². The number of amides is 2. The summed E-state index contributed by atoms with van der Waals surface area (Å²) < 4.78 is 41.9. The molecule has 1 unspecified atom stereocenters. The number of aliphatic carboxylic acids is 1. The zero-order chi connectivity index (χ0) is 37.4. The van der Waals surface area contributed by atoms with Crippen LogP contribution in [0.15, 0.2) is 89.0 Å². The molecule has 7 rings (SSSR count). The van der Waals surface area contributed by atoms with E-state index in [-0.39, 0.29) is 34.5 Å². The number of anilines is 1. The number of aromatic nitrogens is 1. The Morgan fingerprint density at radius 2 is 1.70 bits per heavy atom. The summed E-state index contributed by atoms with van der Waals surface area (Å²) >= 11 is 1.17.